The lowest BCUT2D eigenvalue weighted by molar-refractivity contribution is 1.41. The van der Waals surface area contributed by atoms with Gasteiger partial charge in [0.25, 0.3) is 0 Å². The summed E-state index contributed by atoms with van der Waals surface area (Å²) in [6, 6.07) is 31.9. The van der Waals surface area contributed by atoms with Crippen LogP contribution in [0, 0.1) is 6.92 Å². The highest BCUT2D eigenvalue weighted by atomic mass is 31.0. The molecule has 3 heteroatoms. The van der Waals surface area contributed by atoms with Gasteiger partial charge in [-0.2, -0.15) is 0 Å². The van der Waals surface area contributed by atoms with Crippen LogP contribution in [-0.4, -0.2) is 12.8 Å². The van der Waals surface area contributed by atoms with E-state index in [0.29, 0.717) is 0 Å². The van der Waals surface area contributed by atoms with Gasteiger partial charge in [0.2, 0.25) is 0 Å². The minimum Gasteiger partial charge on any atom is -0.256 e. The van der Waals surface area contributed by atoms with Crippen molar-refractivity contribution < 1.29 is 0 Å². The predicted molar refractivity (Wildman–Crippen MR) is 138 cm³/mol. The van der Waals surface area contributed by atoms with Crippen molar-refractivity contribution >= 4 is 38.8 Å². The van der Waals surface area contributed by atoms with E-state index in [1.165, 1.54) is 22.0 Å². The second-order valence-corrected chi connectivity index (χ2v) is 8.63. The van der Waals surface area contributed by atoms with E-state index in [1.54, 1.807) is 0 Å². The Kier molecular flexibility index (Phi) is 5.18. The average Bonchev–Trinajstić information content (AvgIpc) is 2.78. The zero-order chi connectivity index (χ0) is 21.4. The Morgan fingerprint density at radius 1 is 0.613 bits per heavy atom. The lowest BCUT2D eigenvalue weighted by atomic mass is 9.90. The third-order valence-corrected chi connectivity index (χ3v) is 5.96. The molecule has 0 aliphatic rings. The first kappa shape index (κ1) is 19.7. The number of hydrogen-bond acceptors (Lipinski definition) is 1. The maximum absolute atomic E-state index is 6.02. The van der Waals surface area contributed by atoms with Gasteiger partial charge in [-0.05, 0) is 52.2 Å². The van der Waals surface area contributed by atoms with Crippen molar-refractivity contribution in [1.29, 1.82) is 0 Å². The van der Waals surface area contributed by atoms with Crippen molar-refractivity contribution in [2.75, 3.05) is 0 Å². The first-order chi connectivity index (χ1) is 15.0. The van der Waals surface area contributed by atoms with Gasteiger partial charge in [0.1, 0.15) is 7.85 Å². The summed E-state index contributed by atoms with van der Waals surface area (Å²) in [5, 5.41) is 2.32. The smallest absolute Gasteiger partial charge is 0.113 e. The Morgan fingerprint density at radius 3 is 1.94 bits per heavy atom. The number of aryl methyl sites for hydroxylation is 1. The minimum atomic E-state index is 0.793. The number of aromatic nitrogens is 1. The van der Waals surface area contributed by atoms with Crippen molar-refractivity contribution in [3.05, 3.63) is 103 Å². The molecule has 0 aliphatic carbocycles. The Bertz CT molecular complexity index is 1370. The molecule has 0 saturated carbocycles. The van der Waals surface area contributed by atoms with Crippen LogP contribution in [0.15, 0.2) is 97.2 Å². The van der Waals surface area contributed by atoms with Crippen molar-refractivity contribution in [1.82, 2.24) is 4.98 Å². The van der Waals surface area contributed by atoms with Gasteiger partial charge in [0.05, 0.1) is 5.52 Å². The van der Waals surface area contributed by atoms with Gasteiger partial charge < -0.3 is 0 Å². The van der Waals surface area contributed by atoms with Crippen LogP contribution >= 0.6 is 9.24 Å². The van der Waals surface area contributed by atoms with E-state index in [9.17, 15) is 0 Å². The topological polar surface area (TPSA) is 12.9 Å². The number of hydrogen-bond donors (Lipinski definition) is 0. The highest BCUT2D eigenvalue weighted by Gasteiger charge is 2.05. The van der Waals surface area contributed by atoms with E-state index in [4.69, 9.17) is 12.8 Å². The molecule has 0 amide bonds. The summed E-state index contributed by atoms with van der Waals surface area (Å²) in [7, 11) is 8.74. The molecule has 146 valence electrons. The van der Waals surface area contributed by atoms with Crippen LogP contribution in [0.25, 0.3) is 44.3 Å². The third kappa shape index (κ3) is 4.17. The summed E-state index contributed by atoms with van der Waals surface area (Å²) in [4.78, 5) is 4.74. The van der Waals surface area contributed by atoms with Crippen molar-refractivity contribution in [3.8, 4) is 33.4 Å². The van der Waals surface area contributed by atoms with Crippen LogP contribution in [0.5, 0.6) is 0 Å². The molecule has 0 saturated heterocycles. The quantitative estimate of drug-likeness (QED) is 0.268. The van der Waals surface area contributed by atoms with E-state index in [1.807, 2.05) is 18.3 Å². The summed E-state index contributed by atoms with van der Waals surface area (Å²) < 4.78 is 0. The molecule has 0 bridgehead atoms. The molecule has 1 atom stereocenters. The molecule has 0 spiro atoms. The van der Waals surface area contributed by atoms with Crippen LogP contribution in [0.2, 0.25) is 0 Å². The van der Waals surface area contributed by atoms with E-state index in [2.05, 4.69) is 95.0 Å². The molecule has 1 heterocycles. The SMILES string of the molecule is [B]c1cc(C)cc(-c2ccc(-c3cnc4cc(-c5ccc(P)cc5)ccc4c3)cc2)c1. The fourth-order valence-electron chi connectivity index (χ4n) is 3.97. The van der Waals surface area contributed by atoms with Crippen molar-refractivity contribution in [3.63, 3.8) is 0 Å². The molecule has 4 aromatic carbocycles. The maximum Gasteiger partial charge on any atom is 0.113 e. The summed E-state index contributed by atoms with van der Waals surface area (Å²) in [6.45, 7) is 2.07. The maximum atomic E-state index is 6.02. The van der Waals surface area contributed by atoms with Crippen LogP contribution < -0.4 is 10.8 Å². The highest BCUT2D eigenvalue weighted by Crippen LogP contribution is 2.28. The van der Waals surface area contributed by atoms with Crippen molar-refractivity contribution in [2.24, 2.45) is 0 Å². The molecule has 0 fully saturated rings. The lowest BCUT2D eigenvalue weighted by Crippen LogP contribution is -2.02. The molecule has 5 aromatic rings. The second kappa shape index (κ2) is 8.14. The molecular weight excluding hydrogens is 392 g/mol. The molecular formula is C28H21BNP. The third-order valence-electron chi connectivity index (χ3n) is 5.58. The van der Waals surface area contributed by atoms with Gasteiger partial charge in [-0.1, -0.05) is 89.9 Å². The zero-order valence-electron chi connectivity index (χ0n) is 17.3. The number of nitrogens with zero attached hydrogens (tertiary/aromatic N) is 1. The number of fused-ring (bicyclic) bond motifs is 1. The Balaban J connectivity index is 1.46. The summed E-state index contributed by atoms with van der Waals surface area (Å²) in [6.07, 6.45) is 1.96. The molecule has 1 aromatic heterocycles. The summed E-state index contributed by atoms with van der Waals surface area (Å²) >= 11 is 0. The van der Waals surface area contributed by atoms with Gasteiger partial charge in [-0.15, -0.1) is 9.24 Å². The number of benzene rings is 4. The van der Waals surface area contributed by atoms with Gasteiger partial charge >= 0.3 is 0 Å². The minimum absolute atomic E-state index is 0.793. The first-order valence-electron chi connectivity index (χ1n) is 10.3. The van der Waals surface area contributed by atoms with Crippen LogP contribution in [0.4, 0.5) is 0 Å². The Hall–Kier alpha value is -3.22. The summed E-state index contributed by atoms with van der Waals surface area (Å²) in [5.74, 6) is 0. The molecule has 1 unspecified atom stereocenters. The van der Waals surface area contributed by atoms with E-state index >= 15 is 0 Å². The number of rotatable bonds is 3. The normalized spacial score (nSPS) is 11.0. The first-order valence-corrected chi connectivity index (χ1v) is 10.9. The van der Waals surface area contributed by atoms with E-state index < -0.39 is 0 Å². The molecule has 1 nitrogen and oxygen atoms in total. The Morgan fingerprint density at radius 2 is 1.23 bits per heavy atom. The van der Waals surface area contributed by atoms with Crippen LogP contribution in [0.1, 0.15) is 5.56 Å². The molecule has 0 aliphatic heterocycles. The molecule has 5 rings (SSSR count). The average molecular weight is 413 g/mol. The fourth-order valence-corrected chi connectivity index (χ4v) is 4.16. The fraction of sp³-hybridized carbons (Fsp3) is 0.0357. The van der Waals surface area contributed by atoms with Crippen molar-refractivity contribution in [2.45, 2.75) is 6.92 Å². The summed E-state index contributed by atoms with van der Waals surface area (Å²) in [5.41, 5.74) is 9.91. The lowest BCUT2D eigenvalue weighted by Gasteiger charge is -2.09. The monoisotopic (exact) mass is 413 g/mol. The van der Waals surface area contributed by atoms with E-state index in [-0.39, 0.29) is 0 Å². The highest BCUT2D eigenvalue weighted by molar-refractivity contribution is 7.27. The molecule has 0 N–H and O–H groups in total. The second-order valence-electron chi connectivity index (χ2n) is 7.96. The predicted octanol–water partition coefficient (Wildman–Crippen LogP) is 5.84. The van der Waals surface area contributed by atoms with Gasteiger partial charge in [-0.3, -0.25) is 4.98 Å². The molecule has 2 radical (unpaired) electrons. The van der Waals surface area contributed by atoms with Crippen LogP contribution in [0.3, 0.4) is 0 Å². The number of pyridine rings is 1. The van der Waals surface area contributed by atoms with E-state index in [0.717, 1.165) is 38.6 Å². The standard InChI is InChI=1S/C28H21BNP/c1-18-12-24(15-26(29)13-18)20-2-4-21(5-3-20)25-14-23-7-6-22(16-28(23)30-17-25)19-8-10-27(31)11-9-19/h2-17H,31H2,1H3. The van der Waals surface area contributed by atoms with Crippen LogP contribution in [-0.2, 0) is 0 Å². The van der Waals surface area contributed by atoms with Gasteiger partial charge in [0.15, 0.2) is 0 Å². The zero-order valence-corrected chi connectivity index (χ0v) is 18.5. The van der Waals surface area contributed by atoms with Gasteiger partial charge in [0, 0.05) is 17.1 Å². The largest absolute Gasteiger partial charge is 0.256 e. The Labute approximate surface area is 186 Å². The molecule has 31 heavy (non-hydrogen) atoms. The van der Waals surface area contributed by atoms with Gasteiger partial charge in [-0.25, -0.2) is 0 Å².